The Labute approximate surface area is 259 Å². The number of pyridine rings is 1. The largest absolute Gasteiger partial charge is 0.497 e. The summed E-state index contributed by atoms with van der Waals surface area (Å²) in [6.45, 7) is 5.07. The van der Waals surface area contributed by atoms with Crippen LogP contribution in [-0.4, -0.2) is 101 Å². The van der Waals surface area contributed by atoms with E-state index in [1.54, 1.807) is 25.6 Å². The van der Waals surface area contributed by atoms with Crippen LogP contribution in [-0.2, 0) is 14.4 Å². The third kappa shape index (κ3) is 10.5. The minimum atomic E-state index is -5.08. The molecule has 1 aromatic carbocycles. The first-order valence-corrected chi connectivity index (χ1v) is 13.7. The minimum absolute atomic E-state index is 0.0292. The number of amides is 3. The van der Waals surface area contributed by atoms with Gasteiger partial charge in [0.05, 0.1) is 24.4 Å². The number of aromatic nitrogens is 1. The normalized spacial score (nSPS) is 19.6. The monoisotopic (exact) mass is 665 g/mol. The number of ether oxygens (including phenoxy) is 1. The number of halogens is 6. The summed E-state index contributed by atoms with van der Waals surface area (Å²) in [6.07, 6.45) is -4.62. The standard InChI is InChI=1S/C24H31N5O3.2C2HF3O2/c1-3-28-14-10-24(22(30)26-19-7-5-12-25-17-19)11-15-29(13-9-21(24)28)23(31)27-18-6-4-8-20(16-18)32-2;2*3-2(4,5)1(6)7/h4-8,12,16-17,21H,3,9-11,13-15H2,1-2H3,(H,26,30)(H,27,31);2*(H,6,7)/t21-,24-;;/m1../s1. The van der Waals surface area contributed by atoms with Crippen LogP contribution in [0, 0.1) is 5.41 Å². The maximum Gasteiger partial charge on any atom is 0.490 e. The summed E-state index contributed by atoms with van der Waals surface area (Å²) >= 11 is 0. The number of hydrogen-bond donors (Lipinski definition) is 4. The Balaban J connectivity index is 0.000000440. The fraction of sp³-hybridized carbons (Fsp3) is 0.464. The number of carbonyl (C=O) groups is 4. The van der Waals surface area contributed by atoms with Crippen LogP contribution in [0.4, 0.5) is 42.5 Å². The molecule has 2 atom stereocenters. The van der Waals surface area contributed by atoms with Gasteiger partial charge in [0, 0.05) is 37.1 Å². The Morgan fingerprint density at radius 1 is 0.935 bits per heavy atom. The molecule has 0 radical (unpaired) electrons. The zero-order valence-corrected chi connectivity index (χ0v) is 24.7. The summed E-state index contributed by atoms with van der Waals surface area (Å²) in [5, 5.41) is 20.3. The van der Waals surface area contributed by atoms with Gasteiger partial charge in [0.2, 0.25) is 5.91 Å². The second kappa shape index (κ2) is 16.1. The summed E-state index contributed by atoms with van der Waals surface area (Å²) in [7, 11) is 1.60. The molecule has 0 aliphatic carbocycles. The Kier molecular flexibility index (Phi) is 13.2. The van der Waals surface area contributed by atoms with Crippen LogP contribution in [0.15, 0.2) is 48.8 Å². The molecule has 4 N–H and O–H groups in total. The molecule has 4 rings (SSSR count). The van der Waals surface area contributed by atoms with Crippen LogP contribution in [0.3, 0.4) is 0 Å². The van der Waals surface area contributed by atoms with Crippen LogP contribution in [0.2, 0.25) is 0 Å². The molecule has 2 aromatic rings. The molecule has 2 saturated heterocycles. The number of rotatable bonds is 5. The zero-order valence-electron chi connectivity index (χ0n) is 24.7. The summed E-state index contributed by atoms with van der Waals surface area (Å²) in [5.74, 6) is -4.79. The molecular weight excluding hydrogens is 632 g/mol. The highest BCUT2D eigenvalue weighted by molar-refractivity contribution is 5.96. The maximum atomic E-state index is 13.5. The molecule has 2 aliphatic heterocycles. The molecule has 0 unspecified atom stereocenters. The van der Waals surface area contributed by atoms with Crippen molar-refractivity contribution in [2.75, 3.05) is 43.9 Å². The van der Waals surface area contributed by atoms with Gasteiger partial charge in [0.1, 0.15) is 5.75 Å². The molecule has 3 amide bonds. The van der Waals surface area contributed by atoms with Gasteiger partial charge in [-0.3, -0.25) is 14.7 Å². The van der Waals surface area contributed by atoms with E-state index in [9.17, 15) is 35.9 Å². The lowest BCUT2D eigenvalue weighted by molar-refractivity contribution is -0.193. The lowest BCUT2D eigenvalue weighted by Crippen LogP contribution is -2.47. The number of carboxylic acid groups (broad SMARTS) is 2. The van der Waals surface area contributed by atoms with Gasteiger partial charge in [0.15, 0.2) is 0 Å². The summed E-state index contributed by atoms with van der Waals surface area (Å²) in [5.41, 5.74) is 0.882. The minimum Gasteiger partial charge on any atom is -0.497 e. The van der Waals surface area contributed by atoms with Gasteiger partial charge in [0.25, 0.3) is 0 Å². The van der Waals surface area contributed by atoms with Crippen molar-refractivity contribution < 1.29 is 60.5 Å². The number of urea groups is 1. The van der Waals surface area contributed by atoms with Gasteiger partial charge in [-0.2, -0.15) is 26.3 Å². The van der Waals surface area contributed by atoms with E-state index < -0.39 is 29.7 Å². The highest BCUT2D eigenvalue weighted by Gasteiger charge is 2.53. The van der Waals surface area contributed by atoms with E-state index >= 15 is 0 Å². The SMILES string of the molecule is CCN1CC[C@@]2(C(=O)Nc3cccnc3)CCN(C(=O)Nc3cccc(OC)c3)CC[C@@H]12.O=C(O)C(F)(F)F.O=C(O)C(F)(F)F. The van der Waals surface area contributed by atoms with E-state index in [1.165, 1.54) is 0 Å². The van der Waals surface area contributed by atoms with Crippen molar-refractivity contribution in [3.63, 3.8) is 0 Å². The third-order valence-electron chi connectivity index (χ3n) is 7.30. The summed E-state index contributed by atoms with van der Waals surface area (Å²) in [4.78, 5) is 52.6. The third-order valence-corrected chi connectivity index (χ3v) is 7.30. The molecule has 2 fully saturated rings. The van der Waals surface area contributed by atoms with Gasteiger partial charge in [-0.1, -0.05) is 13.0 Å². The van der Waals surface area contributed by atoms with Crippen molar-refractivity contribution >= 4 is 35.3 Å². The lowest BCUT2D eigenvalue weighted by atomic mass is 9.75. The predicted octanol–water partition coefficient (Wildman–Crippen LogP) is 4.70. The number of carbonyl (C=O) groups excluding carboxylic acids is 2. The lowest BCUT2D eigenvalue weighted by Gasteiger charge is -2.35. The fourth-order valence-electron chi connectivity index (χ4n) is 5.05. The van der Waals surface area contributed by atoms with Gasteiger partial charge in [-0.05, 0) is 56.6 Å². The number of nitrogens with zero attached hydrogens (tertiary/aromatic N) is 3. The second-order valence-electron chi connectivity index (χ2n) is 10.0. The number of alkyl halides is 6. The van der Waals surface area contributed by atoms with Crippen molar-refractivity contribution in [3.05, 3.63) is 48.8 Å². The van der Waals surface area contributed by atoms with Crippen molar-refractivity contribution in [1.82, 2.24) is 14.8 Å². The molecule has 2 aliphatic rings. The Morgan fingerprint density at radius 3 is 2.04 bits per heavy atom. The van der Waals surface area contributed by atoms with Gasteiger partial charge in [-0.25, -0.2) is 14.4 Å². The molecule has 254 valence electrons. The smallest absolute Gasteiger partial charge is 0.490 e. The van der Waals surface area contributed by atoms with Crippen LogP contribution >= 0.6 is 0 Å². The Hall–Kier alpha value is -4.61. The molecule has 0 bridgehead atoms. The number of anilines is 2. The van der Waals surface area contributed by atoms with E-state index in [0.29, 0.717) is 36.6 Å². The molecule has 3 heterocycles. The van der Waals surface area contributed by atoms with Gasteiger partial charge >= 0.3 is 30.3 Å². The number of likely N-dealkylation sites (tertiary alicyclic amines) is 2. The Morgan fingerprint density at radius 2 is 1.52 bits per heavy atom. The zero-order chi connectivity index (χ0) is 34.7. The molecule has 12 nitrogen and oxygen atoms in total. The second-order valence-corrected chi connectivity index (χ2v) is 10.0. The number of carboxylic acids is 2. The molecule has 1 aromatic heterocycles. The van der Waals surface area contributed by atoms with Crippen LogP contribution < -0.4 is 15.4 Å². The first kappa shape index (κ1) is 37.6. The molecule has 0 spiro atoms. The highest BCUT2D eigenvalue weighted by Crippen LogP contribution is 2.44. The molecular formula is C28H33F6N5O7. The van der Waals surface area contributed by atoms with Crippen molar-refractivity contribution in [3.8, 4) is 5.75 Å². The quantitative estimate of drug-likeness (QED) is 0.332. The average molecular weight is 666 g/mol. The number of methoxy groups -OCH3 is 1. The predicted molar refractivity (Wildman–Crippen MR) is 151 cm³/mol. The fourth-order valence-corrected chi connectivity index (χ4v) is 5.05. The summed E-state index contributed by atoms with van der Waals surface area (Å²) < 4.78 is 68.7. The first-order chi connectivity index (χ1) is 21.4. The summed E-state index contributed by atoms with van der Waals surface area (Å²) in [6, 6.07) is 11.0. The van der Waals surface area contributed by atoms with Gasteiger partial charge < -0.3 is 30.5 Å². The van der Waals surface area contributed by atoms with Crippen LogP contribution in [0.25, 0.3) is 0 Å². The van der Waals surface area contributed by atoms with Crippen molar-refractivity contribution in [2.45, 2.75) is 44.6 Å². The van der Waals surface area contributed by atoms with E-state index in [4.69, 9.17) is 24.5 Å². The molecule has 46 heavy (non-hydrogen) atoms. The van der Waals surface area contributed by atoms with E-state index in [2.05, 4.69) is 27.4 Å². The van der Waals surface area contributed by atoms with E-state index in [1.807, 2.05) is 35.2 Å². The number of fused-ring (bicyclic) bond motifs is 1. The average Bonchev–Trinajstić information content (AvgIpc) is 3.24. The van der Waals surface area contributed by atoms with Crippen LogP contribution in [0.5, 0.6) is 5.75 Å². The highest BCUT2D eigenvalue weighted by atomic mass is 19.4. The number of nitrogens with one attached hydrogen (secondary N) is 2. The van der Waals surface area contributed by atoms with E-state index in [-0.39, 0.29) is 18.0 Å². The van der Waals surface area contributed by atoms with Crippen molar-refractivity contribution in [2.24, 2.45) is 5.41 Å². The molecule has 0 saturated carbocycles. The maximum absolute atomic E-state index is 13.5. The first-order valence-electron chi connectivity index (χ1n) is 13.7. The topological polar surface area (TPSA) is 161 Å². The van der Waals surface area contributed by atoms with Crippen molar-refractivity contribution in [1.29, 1.82) is 0 Å². The molecule has 18 heteroatoms. The Bertz CT molecular complexity index is 1320. The van der Waals surface area contributed by atoms with Crippen LogP contribution in [0.1, 0.15) is 26.2 Å². The van der Waals surface area contributed by atoms with Gasteiger partial charge in [-0.15, -0.1) is 0 Å². The van der Waals surface area contributed by atoms with E-state index in [0.717, 1.165) is 25.9 Å². The number of aliphatic carboxylic acids is 2. The number of benzene rings is 1. The number of hydrogen-bond acceptors (Lipinski definition) is 7.